The summed E-state index contributed by atoms with van der Waals surface area (Å²) >= 11 is 5.66. The first-order valence-corrected chi connectivity index (χ1v) is 3.85. The summed E-state index contributed by atoms with van der Waals surface area (Å²) < 4.78 is 4.89. The van der Waals surface area contributed by atoms with Gasteiger partial charge >= 0.3 is 0 Å². The van der Waals surface area contributed by atoms with Gasteiger partial charge in [-0.3, -0.25) is 4.79 Å². The Bertz CT molecular complexity index is 382. The van der Waals surface area contributed by atoms with E-state index in [0.717, 1.165) is 0 Å². The molecule has 0 N–H and O–H groups in total. The fourth-order valence-corrected chi connectivity index (χ4v) is 1.09. The van der Waals surface area contributed by atoms with Crippen LogP contribution in [0.5, 0.6) is 5.75 Å². The highest BCUT2D eigenvalue weighted by Crippen LogP contribution is 2.22. The van der Waals surface area contributed by atoms with E-state index < -0.39 is 5.78 Å². The number of rotatable bonds is 2. The summed E-state index contributed by atoms with van der Waals surface area (Å²) in [5.41, 5.74) is 0.192. The average molecular weight is 196 g/mol. The van der Waals surface area contributed by atoms with Gasteiger partial charge in [0.2, 0.25) is 0 Å². The number of methoxy groups -OCH3 is 1. The van der Waals surface area contributed by atoms with Crippen LogP contribution in [0.3, 0.4) is 0 Å². The van der Waals surface area contributed by atoms with Crippen LogP contribution < -0.4 is 4.74 Å². The number of hydrogen-bond donors (Lipinski definition) is 0. The first-order valence-electron chi connectivity index (χ1n) is 3.47. The van der Waals surface area contributed by atoms with Crippen LogP contribution in [0.2, 0.25) is 5.02 Å². The van der Waals surface area contributed by atoms with Crippen LogP contribution in [0, 0.1) is 11.3 Å². The van der Waals surface area contributed by atoms with Gasteiger partial charge in [0.05, 0.1) is 12.7 Å². The summed E-state index contributed by atoms with van der Waals surface area (Å²) in [4.78, 5) is 11.0. The third kappa shape index (κ3) is 1.98. The Labute approximate surface area is 80.5 Å². The van der Waals surface area contributed by atoms with E-state index in [9.17, 15) is 4.79 Å². The van der Waals surface area contributed by atoms with E-state index in [0.29, 0.717) is 10.8 Å². The lowest BCUT2D eigenvalue weighted by Gasteiger charge is -2.03. The third-order valence-corrected chi connectivity index (χ3v) is 1.74. The second-order valence-electron chi connectivity index (χ2n) is 2.29. The number of halogens is 1. The maximum Gasteiger partial charge on any atom is 0.265 e. The molecule has 3 nitrogen and oxygen atoms in total. The minimum atomic E-state index is -0.653. The summed E-state index contributed by atoms with van der Waals surface area (Å²) in [6.45, 7) is 0. The maximum atomic E-state index is 11.0. The van der Waals surface area contributed by atoms with Crippen molar-refractivity contribution in [2.45, 2.75) is 0 Å². The molecule has 1 rings (SSSR count). The van der Waals surface area contributed by atoms with Gasteiger partial charge in [-0.2, -0.15) is 5.26 Å². The van der Waals surface area contributed by atoms with E-state index in [1.807, 2.05) is 0 Å². The van der Waals surface area contributed by atoms with Gasteiger partial charge in [0.1, 0.15) is 11.8 Å². The number of hydrogen-bond acceptors (Lipinski definition) is 3. The molecule has 0 unspecified atom stereocenters. The topological polar surface area (TPSA) is 50.1 Å². The molecule has 0 spiro atoms. The van der Waals surface area contributed by atoms with Crippen molar-refractivity contribution in [1.29, 1.82) is 5.26 Å². The average Bonchev–Trinajstić information content (AvgIpc) is 2.16. The molecule has 0 heterocycles. The highest BCUT2D eigenvalue weighted by atomic mass is 35.5. The number of ketones is 1. The quantitative estimate of drug-likeness (QED) is 0.536. The van der Waals surface area contributed by atoms with Gasteiger partial charge in [-0.15, -0.1) is 0 Å². The monoisotopic (exact) mass is 195 g/mol. The standard InChI is InChI=1S/C9H6ClNO2/c1-13-9-3-2-6(10)4-7(9)8(12)5-11/h2-4H,1H3. The predicted octanol–water partition coefficient (Wildman–Crippen LogP) is 2.05. The minimum Gasteiger partial charge on any atom is -0.496 e. The van der Waals surface area contributed by atoms with Gasteiger partial charge < -0.3 is 4.74 Å². The number of nitriles is 1. The van der Waals surface area contributed by atoms with Crippen molar-refractivity contribution in [2.75, 3.05) is 7.11 Å². The number of ether oxygens (including phenoxy) is 1. The van der Waals surface area contributed by atoms with Crippen molar-refractivity contribution in [3.63, 3.8) is 0 Å². The predicted molar refractivity (Wildman–Crippen MR) is 47.9 cm³/mol. The van der Waals surface area contributed by atoms with Gasteiger partial charge in [0.15, 0.2) is 0 Å². The van der Waals surface area contributed by atoms with Crippen LogP contribution in [-0.4, -0.2) is 12.9 Å². The van der Waals surface area contributed by atoms with Crippen molar-refractivity contribution in [3.05, 3.63) is 28.8 Å². The zero-order valence-electron chi connectivity index (χ0n) is 6.87. The molecule has 13 heavy (non-hydrogen) atoms. The first kappa shape index (κ1) is 9.56. The van der Waals surface area contributed by atoms with Crippen LogP contribution in [0.25, 0.3) is 0 Å². The number of carbonyl (C=O) groups excluding carboxylic acids is 1. The molecule has 0 bridgehead atoms. The Morgan fingerprint density at radius 3 is 2.85 bits per heavy atom. The van der Waals surface area contributed by atoms with Crippen molar-refractivity contribution in [2.24, 2.45) is 0 Å². The third-order valence-electron chi connectivity index (χ3n) is 1.51. The molecular weight excluding hydrogens is 190 g/mol. The Hall–Kier alpha value is -1.53. The SMILES string of the molecule is COc1ccc(Cl)cc1C(=O)C#N. The summed E-state index contributed by atoms with van der Waals surface area (Å²) in [6, 6.07) is 6.05. The van der Waals surface area contributed by atoms with E-state index in [-0.39, 0.29) is 5.56 Å². The van der Waals surface area contributed by atoms with Crippen molar-refractivity contribution >= 4 is 17.4 Å². The van der Waals surface area contributed by atoms with Gasteiger partial charge in [-0.1, -0.05) is 11.6 Å². The molecule has 66 valence electrons. The Balaban J connectivity index is 3.25. The molecule has 0 aliphatic carbocycles. The fourth-order valence-electron chi connectivity index (χ4n) is 0.918. The van der Waals surface area contributed by atoms with E-state index in [1.165, 1.54) is 19.2 Å². The van der Waals surface area contributed by atoms with Gasteiger partial charge in [0.25, 0.3) is 5.78 Å². The lowest BCUT2D eigenvalue weighted by molar-refractivity contribution is 0.105. The van der Waals surface area contributed by atoms with Gasteiger partial charge in [-0.05, 0) is 18.2 Å². The van der Waals surface area contributed by atoms with E-state index in [4.69, 9.17) is 21.6 Å². The molecule has 0 atom stereocenters. The summed E-state index contributed by atoms with van der Waals surface area (Å²) in [7, 11) is 1.43. The minimum absolute atomic E-state index is 0.192. The van der Waals surface area contributed by atoms with Crippen LogP contribution in [0.1, 0.15) is 10.4 Å². The zero-order chi connectivity index (χ0) is 9.84. The summed E-state index contributed by atoms with van der Waals surface area (Å²) in [6.07, 6.45) is 0. The van der Waals surface area contributed by atoms with Crippen molar-refractivity contribution < 1.29 is 9.53 Å². The molecule has 1 aromatic rings. The second kappa shape index (κ2) is 3.92. The molecule has 0 saturated heterocycles. The summed E-state index contributed by atoms with van der Waals surface area (Å²) in [5, 5.41) is 8.80. The number of benzene rings is 1. The van der Waals surface area contributed by atoms with E-state index >= 15 is 0 Å². The Morgan fingerprint density at radius 2 is 2.31 bits per heavy atom. The second-order valence-corrected chi connectivity index (χ2v) is 2.72. The Morgan fingerprint density at radius 1 is 1.62 bits per heavy atom. The zero-order valence-corrected chi connectivity index (χ0v) is 7.63. The number of nitrogens with zero attached hydrogens (tertiary/aromatic N) is 1. The van der Waals surface area contributed by atoms with Crippen LogP contribution >= 0.6 is 11.6 Å². The molecule has 0 saturated carbocycles. The Kier molecular flexibility index (Phi) is 2.88. The lowest BCUT2D eigenvalue weighted by Crippen LogP contribution is -1.98. The highest BCUT2D eigenvalue weighted by Gasteiger charge is 2.11. The molecule has 0 amide bonds. The van der Waals surface area contributed by atoms with Crippen molar-refractivity contribution in [1.82, 2.24) is 0 Å². The molecule has 1 aromatic carbocycles. The van der Waals surface area contributed by atoms with E-state index in [2.05, 4.69) is 0 Å². The highest BCUT2D eigenvalue weighted by molar-refractivity contribution is 6.31. The molecular formula is C9H6ClNO2. The molecule has 0 aromatic heterocycles. The summed E-state index contributed by atoms with van der Waals surface area (Å²) in [5.74, 6) is -0.296. The van der Waals surface area contributed by atoms with Crippen LogP contribution in [-0.2, 0) is 0 Å². The van der Waals surface area contributed by atoms with Crippen LogP contribution in [0.4, 0.5) is 0 Å². The normalized spacial score (nSPS) is 9.00. The fraction of sp³-hybridized carbons (Fsp3) is 0.111. The first-order chi connectivity index (χ1) is 6.19. The van der Waals surface area contributed by atoms with Crippen LogP contribution in [0.15, 0.2) is 18.2 Å². The lowest BCUT2D eigenvalue weighted by atomic mass is 10.1. The van der Waals surface area contributed by atoms with E-state index in [1.54, 1.807) is 12.1 Å². The van der Waals surface area contributed by atoms with Gasteiger partial charge in [0, 0.05) is 5.02 Å². The molecule has 0 aliphatic heterocycles. The molecule has 0 radical (unpaired) electrons. The number of Topliss-reactive ketones (excluding diaryl/α,β-unsaturated/α-hetero) is 1. The largest absolute Gasteiger partial charge is 0.496 e. The maximum absolute atomic E-state index is 11.0. The molecule has 0 aliphatic rings. The molecule has 4 heteroatoms. The molecule has 0 fully saturated rings. The van der Waals surface area contributed by atoms with Crippen molar-refractivity contribution in [3.8, 4) is 11.8 Å². The smallest absolute Gasteiger partial charge is 0.265 e. The number of carbonyl (C=O) groups is 1. The van der Waals surface area contributed by atoms with Gasteiger partial charge in [-0.25, -0.2) is 0 Å².